The summed E-state index contributed by atoms with van der Waals surface area (Å²) in [5.41, 5.74) is 2.44. The summed E-state index contributed by atoms with van der Waals surface area (Å²) in [6.45, 7) is 5.38. The van der Waals surface area contributed by atoms with E-state index in [-0.39, 0.29) is 11.8 Å². The van der Waals surface area contributed by atoms with Crippen molar-refractivity contribution in [2.24, 2.45) is 0 Å². The van der Waals surface area contributed by atoms with E-state index in [1.807, 2.05) is 44.2 Å². The third-order valence-electron chi connectivity index (χ3n) is 3.58. The Labute approximate surface area is 122 Å². The van der Waals surface area contributed by atoms with Gasteiger partial charge in [-0.2, -0.15) is 0 Å². The number of aryl methyl sites for hydroxylation is 1. The Hall–Kier alpha value is -2.27. The van der Waals surface area contributed by atoms with Crippen molar-refractivity contribution in [3.8, 4) is 0 Å². The normalized spacial score (nSPS) is 12.9. The number of nitrogens with zero attached hydrogens (tertiary/aromatic N) is 1. The second-order valence-electron chi connectivity index (χ2n) is 4.85. The summed E-state index contributed by atoms with van der Waals surface area (Å²) in [6, 6.07) is 9.57. The van der Waals surface area contributed by atoms with E-state index in [0.717, 1.165) is 23.4 Å². The van der Waals surface area contributed by atoms with Gasteiger partial charge in [-0.1, -0.05) is 13.0 Å². The fourth-order valence-electron chi connectivity index (χ4n) is 2.60. The van der Waals surface area contributed by atoms with Crippen molar-refractivity contribution in [2.45, 2.75) is 26.4 Å². The molecule has 110 valence electrons. The van der Waals surface area contributed by atoms with Crippen LogP contribution in [0, 0.1) is 0 Å². The molecular formula is C16H18N2O3. The van der Waals surface area contributed by atoms with Gasteiger partial charge in [-0.15, -0.1) is 0 Å². The number of hydrogen-bond donors (Lipinski definition) is 1. The van der Waals surface area contributed by atoms with E-state index in [9.17, 15) is 4.79 Å². The highest BCUT2D eigenvalue weighted by molar-refractivity contribution is 5.74. The third-order valence-corrected chi connectivity index (χ3v) is 3.58. The van der Waals surface area contributed by atoms with Gasteiger partial charge in [0.25, 0.3) is 0 Å². The highest BCUT2D eigenvalue weighted by Crippen LogP contribution is 2.25. The molecule has 0 bridgehead atoms. The van der Waals surface area contributed by atoms with Gasteiger partial charge in [0.2, 0.25) is 0 Å². The van der Waals surface area contributed by atoms with Crippen LogP contribution in [0.4, 0.5) is 0 Å². The second-order valence-corrected chi connectivity index (χ2v) is 4.85. The first-order valence-corrected chi connectivity index (χ1v) is 7.14. The third kappa shape index (κ3) is 2.40. The molecule has 0 saturated carbocycles. The van der Waals surface area contributed by atoms with Crippen molar-refractivity contribution >= 4 is 11.1 Å². The van der Waals surface area contributed by atoms with Crippen LogP contribution in [0.3, 0.4) is 0 Å². The number of aromatic nitrogens is 1. The van der Waals surface area contributed by atoms with Crippen LogP contribution in [0.2, 0.25) is 0 Å². The first-order chi connectivity index (χ1) is 10.2. The van der Waals surface area contributed by atoms with Crippen molar-refractivity contribution in [3.63, 3.8) is 0 Å². The largest absolute Gasteiger partial charge is 0.467 e. The highest BCUT2D eigenvalue weighted by Gasteiger charge is 2.17. The molecule has 3 rings (SSSR count). The molecule has 1 unspecified atom stereocenters. The number of nitrogens with one attached hydrogen (secondary N) is 1. The fourth-order valence-corrected chi connectivity index (χ4v) is 2.60. The Morgan fingerprint density at radius 2 is 2.14 bits per heavy atom. The maximum Gasteiger partial charge on any atom is 0.419 e. The van der Waals surface area contributed by atoms with E-state index in [0.29, 0.717) is 12.1 Å². The van der Waals surface area contributed by atoms with Crippen LogP contribution in [0.15, 0.2) is 50.2 Å². The molecule has 2 aromatic heterocycles. The molecule has 0 aliphatic carbocycles. The molecular weight excluding hydrogens is 268 g/mol. The van der Waals surface area contributed by atoms with Crippen LogP contribution in [0.1, 0.15) is 31.2 Å². The quantitative estimate of drug-likeness (QED) is 0.783. The number of benzene rings is 1. The lowest BCUT2D eigenvalue weighted by atomic mass is 10.0. The number of furan rings is 1. The smallest absolute Gasteiger partial charge is 0.419 e. The van der Waals surface area contributed by atoms with Crippen LogP contribution < -0.4 is 11.1 Å². The van der Waals surface area contributed by atoms with Crippen LogP contribution in [-0.2, 0) is 6.54 Å². The molecule has 3 aromatic rings. The second kappa shape index (κ2) is 5.61. The molecule has 1 atom stereocenters. The molecule has 5 nitrogen and oxygen atoms in total. The van der Waals surface area contributed by atoms with Gasteiger partial charge in [0.1, 0.15) is 5.76 Å². The zero-order valence-corrected chi connectivity index (χ0v) is 12.1. The summed E-state index contributed by atoms with van der Waals surface area (Å²) < 4.78 is 12.4. The topological polar surface area (TPSA) is 60.3 Å². The number of rotatable bonds is 5. The van der Waals surface area contributed by atoms with E-state index >= 15 is 0 Å². The van der Waals surface area contributed by atoms with E-state index in [4.69, 9.17) is 8.83 Å². The number of hydrogen-bond acceptors (Lipinski definition) is 4. The fraction of sp³-hybridized carbons (Fsp3) is 0.312. The minimum Gasteiger partial charge on any atom is -0.467 e. The lowest BCUT2D eigenvalue weighted by Gasteiger charge is -2.15. The van der Waals surface area contributed by atoms with Crippen molar-refractivity contribution in [3.05, 3.63) is 58.5 Å². The molecule has 0 radical (unpaired) electrons. The predicted molar refractivity (Wildman–Crippen MR) is 80.4 cm³/mol. The van der Waals surface area contributed by atoms with Crippen LogP contribution in [0.5, 0.6) is 0 Å². The first-order valence-electron chi connectivity index (χ1n) is 7.14. The minimum absolute atomic E-state index is 0.0512. The lowest BCUT2D eigenvalue weighted by molar-refractivity contribution is 0.452. The zero-order chi connectivity index (χ0) is 14.8. The van der Waals surface area contributed by atoms with Gasteiger partial charge < -0.3 is 14.2 Å². The predicted octanol–water partition coefficient (Wildman–Crippen LogP) is 2.91. The molecule has 21 heavy (non-hydrogen) atoms. The van der Waals surface area contributed by atoms with Crippen molar-refractivity contribution < 1.29 is 8.83 Å². The molecule has 2 heterocycles. The SMILES string of the molecule is CCNC(c1ccc2c(c1)oc(=O)n2CC)c1ccco1. The van der Waals surface area contributed by atoms with Gasteiger partial charge in [-0.25, -0.2) is 4.79 Å². The van der Waals surface area contributed by atoms with Crippen LogP contribution >= 0.6 is 0 Å². The van der Waals surface area contributed by atoms with Gasteiger partial charge in [0.15, 0.2) is 5.58 Å². The number of oxazole rings is 1. The Bertz CT molecular complexity index is 784. The van der Waals surface area contributed by atoms with Crippen molar-refractivity contribution in [1.29, 1.82) is 0 Å². The molecule has 0 fully saturated rings. The monoisotopic (exact) mass is 286 g/mol. The van der Waals surface area contributed by atoms with Gasteiger partial charge >= 0.3 is 5.76 Å². The van der Waals surface area contributed by atoms with Gasteiger partial charge in [-0.05, 0) is 43.3 Å². The molecule has 0 spiro atoms. The summed E-state index contributed by atoms with van der Waals surface area (Å²) in [5, 5.41) is 3.38. The number of fused-ring (bicyclic) bond motifs is 1. The summed E-state index contributed by atoms with van der Waals surface area (Å²) in [5.74, 6) is 0.524. The van der Waals surface area contributed by atoms with Crippen LogP contribution in [0.25, 0.3) is 11.1 Å². The van der Waals surface area contributed by atoms with E-state index in [1.54, 1.807) is 10.8 Å². The first kappa shape index (κ1) is 13.7. The average Bonchev–Trinajstić information content (AvgIpc) is 3.10. The summed E-state index contributed by atoms with van der Waals surface area (Å²) in [6.07, 6.45) is 1.66. The molecule has 0 aliphatic heterocycles. The highest BCUT2D eigenvalue weighted by atomic mass is 16.4. The van der Waals surface area contributed by atoms with Crippen molar-refractivity contribution in [1.82, 2.24) is 9.88 Å². The standard InChI is InChI=1S/C16H18N2O3/c1-3-17-15(13-6-5-9-20-13)11-7-8-12-14(10-11)21-16(19)18(12)4-2/h5-10,15,17H,3-4H2,1-2H3. The van der Waals surface area contributed by atoms with Gasteiger partial charge in [0, 0.05) is 6.54 Å². The Morgan fingerprint density at radius 3 is 2.81 bits per heavy atom. The summed E-state index contributed by atoms with van der Waals surface area (Å²) >= 11 is 0. The molecule has 1 aromatic carbocycles. The zero-order valence-electron chi connectivity index (χ0n) is 12.1. The van der Waals surface area contributed by atoms with Gasteiger partial charge in [-0.3, -0.25) is 4.57 Å². The molecule has 0 amide bonds. The molecule has 5 heteroatoms. The Kier molecular flexibility index (Phi) is 3.66. The average molecular weight is 286 g/mol. The Balaban J connectivity index is 2.09. The minimum atomic E-state index is -0.317. The Morgan fingerprint density at radius 1 is 1.29 bits per heavy atom. The maximum absolute atomic E-state index is 11.8. The molecule has 0 saturated heterocycles. The molecule has 0 aliphatic rings. The lowest BCUT2D eigenvalue weighted by Crippen LogP contribution is -2.21. The van der Waals surface area contributed by atoms with Crippen molar-refractivity contribution in [2.75, 3.05) is 6.54 Å². The summed E-state index contributed by atoms with van der Waals surface area (Å²) in [4.78, 5) is 11.8. The van der Waals surface area contributed by atoms with E-state index < -0.39 is 0 Å². The summed E-state index contributed by atoms with van der Waals surface area (Å²) in [7, 11) is 0. The van der Waals surface area contributed by atoms with E-state index in [2.05, 4.69) is 5.32 Å². The maximum atomic E-state index is 11.8. The van der Waals surface area contributed by atoms with E-state index in [1.165, 1.54) is 0 Å². The van der Waals surface area contributed by atoms with Gasteiger partial charge in [0.05, 0.1) is 17.8 Å². The van der Waals surface area contributed by atoms with Crippen LogP contribution in [-0.4, -0.2) is 11.1 Å². The molecule has 1 N–H and O–H groups in total.